The number of fused-ring (bicyclic) bond motifs is 1. The molecule has 0 spiro atoms. The molecule has 26 heavy (non-hydrogen) atoms. The van der Waals surface area contributed by atoms with Crippen molar-refractivity contribution in [3.05, 3.63) is 23.8 Å². The van der Waals surface area contributed by atoms with Gasteiger partial charge in [-0.2, -0.15) is 0 Å². The van der Waals surface area contributed by atoms with E-state index in [2.05, 4.69) is 39.0 Å². The quantitative estimate of drug-likeness (QED) is 0.726. The minimum atomic E-state index is -0.480. The maximum atomic E-state index is 10.8. The van der Waals surface area contributed by atoms with Crippen LogP contribution in [0.25, 0.3) is 0 Å². The van der Waals surface area contributed by atoms with Crippen molar-refractivity contribution in [1.29, 1.82) is 0 Å². The fourth-order valence-electron chi connectivity index (χ4n) is 5.41. The van der Waals surface area contributed by atoms with E-state index in [0.717, 1.165) is 38.5 Å². The average molecular weight is 363 g/mol. The molecular weight excluding hydrogens is 324 g/mol. The Kier molecular flexibility index (Phi) is 6.31. The van der Waals surface area contributed by atoms with Crippen LogP contribution in [0.2, 0.25) is 0 Å². The van der Waals surface area contributed by atoms with Gasteiger partial charge in [-0.15, -0.1) is 0 Å². The van der Waals surface area contributed by atoms with Crippen molar-refractivity contribution in [2.75, 3.05) is 0 Å². The maximum absolute atomic E-state index is 10.8. The first-order chi connectivity index (χ1) is 12.3. The molecule has 0 saturated carbocycles. The van der Waals surface area contributed by atoms with Crippen LogP contribution >= 0.6 is 0 Å². The molecule has 3 aliphatic rings. The molecule has 7 atom stereocenters. The van der Waals surface area contributed by atoms with E-state index in [-0.39, 0.29) is 12.2 Å². The topological polar surface area (TPSA) is 38.7 Å². The second-order valence-corrected chi connectivity index (χ2v) is 9.34. The van der Waals surface area contributed by atoms with E-state index >= 15 is 0 Å². The monoisotopic (exact) mass is 362 g/mol. The largest absolute Gasteiger partial charge is 0.392 e. The van der Waals surface area contributed by atoms with Gasteiger partial charge in [0.1, 0.15) is 0 Å². The highest BCUT2D eigenvalue weighted by Crippen LogP contribution is 2.44. The zero-order chi connectivity index (χ0) is 18.9. The number of ether oxygens (including phenoxy) is 2. The highest BCUT2D eigenvalue weighted by molar-refractivity contribution is 5.31. The van der Waals surface area contributed by atoms with Crippen LogP contribution < -0.4 is 0 Å². The lowest BCUT2D eigenvalue weighted by atomic mass is 9.65. The summed E-state index contributed by atoms with van der Waals surface area (Å²) < 4.78 is 12.3. The molecule has 1 fully saturated rings. The van der Waals surface area contributed by atoms with Gasteiger partial charge in [0.25, 0.3) is 0 Å². The van der Waals surface area contributed by atoms with Crippen LogP contribution in [0, 0.1) is 23.7 Å². The van der Waals surface area contributed by atoms with Crippen LogP contribution in [0.15, 0.2) is 23.8 Å². The fourth-order valence-corrected chi connectivity index (χ4v) is 5.41. The van der Waals surface area contributed by atoms with Crippen LogP contribution in [0.5, 0.6) is 0 Å². The van der Waals surface area contributed by atoms with Gasteiger partial charge in [-0.05, 0) is 62.9 Å². The van der Waals surface area contributed by atoms with Crippen LogP contribution in [-0.4, -0.2) is 29.2 Å². The summed E-state index contributed by atoms with van der Waals surface area (Å²) in [5.41, 5.74) is 1.36. The third-order valence-electron chi connectivity index (χ3n) is 6.48. The molecule has 0 radical (unpaired) electrons. The van der Waals surface area contributed by atoms with Crippen molar-refractivity contribution in [2.45, 2.75) is 97.2 Å². The minimum absolute atomic E-state index is 0.206. The van der Waals surface area contributed by atoms with E-state index in [1.807, 2.05) is 13.8 Å². The summed E-state index contributed by atoms with van der Waals surface area (Å²) in [6, 6.07) is 0. The number of rotatable bonds is 5. The Morgan fingerprint density at radius 2 is 1.77 bits per heavy atom. The van der Waals surface area contributed by atoms with Crippen molar-refractivity contribution in [1.82, 2.24) is 0 Å². The average Bonchev–Trinajstić information content (AvgIpc) is 2.53. The van der Waals surface area contributed by atoms with E-state index in [1.54, 1.807) is 0 Å². The Labute approximate surface area is 159 Å². The molecule has 3 nitrogen and oxygen atoms in total. The van der Waals surface area contributed by atoms with Gasteiger partial charge in [0, 0.05) is 12.3 Å². The molecule has 3 heteroatoms. The van der Waals surface area contributed by atoms with Crippen molar-refractivity contribution in [2.24, 2.45) is 23.7 Å². The van der Waals surface area contributed by atoms with Gasteiger partial charge >= 0.3 is 0 Å². The number of hydrogen-bond donors (Lipinski definition) is 1. The summed E-state index contributed by atoms with van der Waals surface area (Å²) in [5, 5.41) is 10.8. The molecule has 0 unspecified atom stereocenters. The Morgan fingerprint density at radius 1 is 1.08 bits per heavy atom. The Balaban J connectivity index is 1.66. The summed E-state index contributed by atoms with van der Waals surface area (Å²) in [6.45, 7) is 10.8. The van der Waals surface area contributed by atoms with E-state index in [4.69, 9.17) is 9.47 Å². The molecule has 1 saturated heterocycles. The first-order valence-electron chi connectivity index (χ1n) is 10.7. The molecule has 1 heterocycles. The van der Waals surface area contributed by atoms with E-state index < -0.39 is 5.79 Å². The summed E-state index contributed by atoms with van der Waals surface area (Å²) in [7, 11) is 0. The molecule has 148 valence electrons. The normalized spacial score (nSPS) is 42.2. The zero-order valence-electron chi connectivity index (χ0n) is 17.3. The number of hydrogen-bond acceptors (Lipinski definition) is 3. The summed E-state index contributed by atoms with van der Waals surface area (Å²) in [5.74, 6) is 1.31. The van der Waals surface area contributed by atoms with Crippen molar-refractivity contribution < 1.29 is 14.6 Å². The predicted molar refractivity (Wildman–Crippen MR) is 106 cm³/mol. The van der Waals surface area contributed by atoms with E-state index in [0.29, 0.717) is 29.8 Å². The molecule has 0 bridgehead atoms. The van der Waals surface area contributed by atoms with Gasteiger partial charge in [0.05, 0.1) is 18.3 Å². The first kappa shape index (κ1) is 20.1. The second kappa shape index (κ2) is 8.16. The first-order valence-corrected chi connectivity index (χ1v) is 10.7. The third-order valence-corrected chi connectivity index (χ3v) is 6.48. The predicted octanol–water partition coefficient (Wildman–Crippen LogP) is 5.24. The number of allylic oxidation sites excluding steroid dienone is 3. The van der Waals surface area contributed by atoms with E-state index in [9.17, 15) is 5.11 Å². The molecular formula is C23H38O3. The third kappa shape index (κ3) is 4.61. The molecule has 0 aromatic rings. The van der Waals surface area contributed by atoms with Gasteiger partial charge in [0.2, 0.25) is 0 Å². The summed E-state index contributed by atoms with van der Waals surface area (Å²) in [6.07, 6.45) is 13.7. The lowest BCUT2D eigenvalue weighted by Gasteiger charge is -2.44. The van der Waals surface area contributed by atoms with Crippen LogP contribution in [0.3, 0.4) is 0 Å². The Hall–Kier alpha value is -0.640. The fraction of sp³-hybridized carbons (Fsp3) is 0.826. The Morgan fingerprint density at radius 3 is 2.46 bits per heavy atom. The summed E-state index contributed by atoms with van der Waals surface area (Å²) in [4.78, 5) is 0. The van der Waals surface area contributed by atoms with Gasteiger partial charge in [0.15, 0.2) is 5.79 Å². The standard InChI is InChI=1S/C23H38O3/c1-6-7-18-14-19(26-23(4,5)25-18)10-11-20-16(3)8-9-17-12-15(2)13-21(24)22(17)20/h8-9,12,15-16,18-22,24H,6-7,10-11,13-14H2,1-5H3/t15-,16-,18-,19+,20-,21-,22-/m0/s1. The molecule has 0 amide bonds. The second-order valence-electron chi connectivity index (χ2n) is 9.34. The Bertz CT molecular complexity index is 536. The van der Waals surface area contributed by atoms with Gasteiger partial charge in [-0.25, -0.2) is 0 Å². The van der Waals surface area contributed by atoms with Gasteiger partial charge < -0.3 is 14.6 Å². The van der Waals surface area contributed by atoms with Crippen LogP contribution in [0.4, 0.5) is 0 Å². The van der Waals surface area contributed by atoms with Gasteiger partial charge in [-0.3, -0.25) is 0 Å². The van der Waals surface area contributed by atoms with E-state index in [1.165, 1.54) is 5.57 Å². The molecule has 1 aliphatic heterocycles. The highest BCUT2D eigenvalue weighted by atomic mass is 16.7. The van der Waals surface area contributed by atoms with Crippen molar-refractivity contribution in [3.8, 4) is 0 Å². The maximum Gasteiger partial charge on any atom is 0.163 e. The number of aliphatic hydroxyl groups excluding tert-OH is 1. The van der Waals surface area contributed by atoms with Crippen molar-refractivity contribution in [3.63, 3.8) is 0 Å². The van der Waals surface area contributed by atoms with Crippen molar-refractivity contribution >= 4 is 0 Å². The molecule has 3 rings (SSSR count). The van der Waals surface area contributed by atoms with Crippen LogP contribution in [-0.2, 0) is 9.47 Å². The molecule has 2 aliphatic carbocycles. The molecule has 0 aromatic heterocycles. The molecule has 0 aromatic carbocycles. The lowest BCUT2D eigenvalue weighted by molar-refractivity contribution is -0.301. The van der Waals surface area contributed by atoms with Crippen LogP contribution in [0.1, 0.15) is 73.1 Å². The smallest absolute Gasteiger partial charge is 0.163 e. The minimum Gasteiger partial charge on any atom is -0.392 e. The highest BCUT2D eigenvalue weighted by Gasteiger charge is 2.40. The number of aliphatic hydroxyl groups is 1. The lowest BCUT2D eigenvalue weighted by Crippen LogP contribution is -2.45. The van der Waals surface area contributed by atoms with Gasteiger partial charge in [-0.1, -0.05) is 45.4 Å². The zero-order valence-corrected chi connectivity index (χ0v) is 17.3. The summed E-state index contributed by atoms with van der Waals surface area (Å²) >= 11 is 0. The SMILES string of the molecule is CCC[C@H]1C[C@@H](CC[C@@H]2[C@@H]3C(=C[C@H](C)C[C@@H]3O)C=C[C@@H]2C)OC(C)(C)O1. The molecule has 1 N–H and O–H groups in total.